The molecule has 1 atom stereocenters. The van der Waals surface area contributed by atoms with Crippen LogP contribution in [0.4, 0.5) is 0 Å². The Morgan fingerprint density at radius 2 is 1.48 bits per heavy atom. The monoisotopic (exact) mass is 329 g/mol. The second kappa shape index (κ2) is 8.86. The molecule has 0 saturated heterocycles. The predicted octanol–water partition coefficient (Wildman–Crippen LogP) is 5.24. The zero-order valence-corrected chi connectivity index (χ0v) is 14.4. The summed E-state index contributed by atoms with van der Waals surface area (Å²) in [5, 5.41) is 3.63. The minimum atomic E-state index is 0.156. The van der Waals surface area contributed by atoms with Crippen LogP contribution >= 0.6 is 0 Å². The molecule has 25 heavy (non-hydrogen) atoms. The molecule has 126 valence electrons. The van der Waals surface area contributed by atoms with Crippen LogP contribution in [0.2, 0.25) is 0 Å². The maximum Gasteiger partial charge on any atom is 0.118 e. The van der Waals surface area contributed by atoms with Gasteiger partial charge in [0.15, 0.2) is 0 Å². The van der Waals surface area contributed by atoms with Crippen LogP contribution in [0, 0.1) is 0 Å². The van der Waals surface area contributed by atoms with Gasteiger partial charge in [-0.2, -0.15) is 0 Å². The molecule has 0 heterocycles. The Morgan fingerprint density at radius 1 is 0.840 bits per heavy atom. The van der Waals surface area contributed by atoms with E-state index >= 15 is 0 Å². The molecule has 3 aromatic carbocycles. The SMILES string of the molecule is COc1ccc(CN[C@H](/C=C/c2ccccc2)c2ccccc2)cc1. The number of hydrogen-bond donors (Lipinski definition) is 1. The molecule has 0 aliphatic heterocycles. The molecule has 0 aromatic heterocycles. The van der Waals surface area contributed by atoms with Crippen LogP contribution in [0.15, 0.2) is 91.0 Å². The summed E-state index contributed by atoms with van der Waals surface area (Å²) >= 11 is 0. The molecule has 3 aromatic rings. The van der Waals surface area contributed by atoms with E-state index in [2.05, 4.69) is 78.1 Å². The highest BCUT2D eigenvalue weighted by molar-refractivity contribution is 5.50. The lowest BCUT2D eigenvalue weighted by Gasteiger charge is -2.16. The normalized spacial score (nSPS) is 12.2. The topological polar surface area (TPSA) is 21.3 Å². The Bertz CT molecular complexity index is 779. The fourth-order valence-electron chi connectivity index (χ4n) is 2.70. The van der Waals surface area contributed by atoms with E-state index in [1.54, 1.807) is 7.11 Å². The highest BCUT2D eigenvalue weighted by Gasteiger charge is 2.07. The average Bonchev–Trinajstić information content (AvgIpc) is 2.70. The Kier molecular flexibility index (Phi) is 6.02. The first-order chi connectivity index (χ1) is 12.3. The fourth-order valence-corrected chi connectivity index (χ4v) is 2.70. The van der Waals surface area contributed by atoms with E-state index in [9.17, 15) is 0 Å². The molecular formula is C23H23NO. The standard InChI is InChI=1S/C23H23NO/c1-25-22-15-12-20(13-16-22)18-24-23(21-10-6-3-7-11-21)17-14-19-8-4-2-5-9-19/h2-17,23-24H,18H2,1H3/b17-14+/t23-/m1/s1. The van der Waals surface area contributed by atoms with Crippen molar-refractivity contribution in [2.24, 2.45) is 0 Å². The maximum atomic E-state index is 5.22. The highest BCUT2D eigenvalue weighted by atomic mass is 16.5. The Labute approximate surface area is 149 Å². The number of rotatable bonds is 7. The molecule has 0 aliphatic carbocycles. The van der Waals surface area contributed by atoms with Crippen LogP contribution in [0.25, 0.3) is 6.08 Å². The van der Waals surface area contributed by atoms with Crippen molar-refractivity contribution in [1.29, 1.82) is 0 Å². The molecule has 0 spiro atoms. The molecule has 0 bridgehead atoms. The van der Waals surface area contributed by atoms with Gasteiger partial charge in [0.25, 0.3) is 0 Å². The van der Waals surface area contributed by atoms with Crippen molar-refractivity contribution in [2.75, 3.05) is 7.11 Å². The van der Waals surface area contributed by atoms with E-state index in [1.807, 2.05) is 24.3 Å². The smallest absolute Gasteiger partial charge is 0.118 e. The van der Waals surface area contributed by atoms with E-state index in [1.165, 1.54) is 16.7 Å². The summed E-state index contributed by atoms with van der Waals surface area (Å²) in [6, 6.07) is 29.2. The van der Waals surface area contributed by atoms with Crippen molar-refractivity contribution in [3.8, 4) is 5.75 Å². The molecule has 0 aliphatic rings. The summed E-state index contributed by atoms with van der Waals surface area (Å²) in [6.07, 6.45) is 4.38. The first kappa shape index (κ1) is 17.0. The molecule has 0 saturated carbocycles. The zero-order chi connectivity index (χ0) is 17.3. The molecule has 3 rings (SSSR count). The summed E-state index contributed by atoms with van der Waals surface area (Å²) in [7, 11) is 1.69. The Hall–Kier alpha value is -2.84. The van der Waals surface area contributed by atoms with E-state index in [0.29, 0.717) is 0 Å². The molecular weight excluding hydrogens is 306 g/mol. The van der Waals surface area contributed by atoms with Crippen LogP contribution < -0.4 is 10.1 Å². The van der Waals surface area contributed by atoms with Crippen molar-refractivity contribution >= 4 is 6.08 Å². The number of benzene rings is 3. The van der Waals surface area contributed by atoms with Crippen molar-refractivity contribution in [1.82, 2.24) is 5.32 Å². The second-order valence-electron chi connectivity index (χ2n) is 5.89. The van der Waals surface area contributed by atoms with Crippen molar-refractivity contribution in [3.05, 3.63) is 108 Å². The highest BCUT2D eigenvalue weighted by Crippen LogP contribution is 2.18. The third-order valence-corrected chi connectivity index (χ3v) is 4.12. The quantitative estimate of drug-likeness (QED) is 0.640. The van der Waals surface area contributed by atoms with Crippen molar-refractivity contribution < 1.29 is 4.74 Å². The fraction of sp³-hybridized carbons (Fsp3) is 0.130. The van der Waals surface area contributed by atoms with Gasteiger partial charge in [-0.15, -0.1) is 0 Å². The Balaban J connectivity index is 1.73. The van der Waals surface area contributed by atoms with Gasteiger partial charge in [-0.05, 0) is 28.8 Å². The van der Waals surface area contributed by atoms with Gasteiger partial charge in [0.05, 0.1) is 13.2 Å². The van der Waals surface area contributed by atoms with Crippen LogP contribution in [0.3, 0.4) is 0 Å². The van der Waals surface area contributed by atoms with Gasteiger partial charge in [-0.25, -0.2) is 0 Å². The van der Waals surface area contributed by atoms with Gasteiger partial charge in [0.2, 0.25) is 0 Å². The Morgan fingerprint density at radius 3 is 2.12 bits per heavy atom. The van der Waals surface area contributed by atoms with Gasteiger partial charge >= 0.3 is 0 Å². The van der Waals surface area contributed by atoms with Gasteiger partial charge in [0, 0.05) is 6.54 Å². The van der Waals surface area contributed by atoms with Crippen LogP contribution in [0.5, 0.6) is 5.75 Å². The molecule has 0 amide bonds. The molecule has 1 N–H and O–H groups in total. The minimum absolute atomic E-state index is 0.156. The zero-order valence-electron chi connectivity index (χ0n) is 14.4. The van der Waals surface area contributed by atoms with Gasteiger partial charge in [-0.3, -0.25) is 0 Å². The van der Waals surface area contributed by atoms with Crippen LogP contribution in [-0.2, 0) is 6.54 Å². The lowest BCUT2D eigenvalue weighted by molar-refractivity contribution is 0.414. The van der Waals surface area contributed by atoms with Crippen LogP contribution in [0.1, 0.15) is 22.7 Å². The summed E-state index contributed by atoms with van der Waals surface area (Å²) in [6.45, 7) is 0.794. The van der Waals surface area contributed by atoms with Gasteiger partial charge in [-0.1, -0.05) is 84.9 Å². The summed E-state index contributed by atoms with van der Waals surface area (Å²) in [5.41, 5.74) is 3.69. The van der Waals surface area contributed by atoms with E-state index in [4.69, 9.17) is 4.74 Å². The van der Waals surface area contributed by atoms with E-state index < -0.39 is 0 Å². The number of hydrogen-bond acceptors (Lipinski definition) is 2. The third kappa shape index (κ3) is 5.07. The van der Waals surface area contributed by atoms with Crippen molar-refractivity contribution in [3.63, 3.8) is 0 Å². The number of methoxy groups -OCH3 is 1. The molecule has 2 heteroatoms. The number of nitrogens with one attached hydrogen (secondary N) is 1. The van der Waals surface area contributed by atoms with Gasteiger partial charge < -0.3 is 10.1 Å². The molecule has 0 fully saturated rings. The van der Waals surface area contributed by atoms with E-state index in [0.717, 1.165) is 12.3 Å². The summed E-state index contributed by atoms with van der Waals surface area (Å²) < 4.78 is 5.22. The molecule has 2 nitrogen and oxygen atoms in total. The lowest BCUT2D eigenvalue weighted by atomic mass is 10.0. The number of ether oxygens (including phenoxy) is 1. The first-order valence-corrected chi connectivity index (χ1v) is 8.49. The average molecular weight is 329 g/mol. The lowest BCUT2D eigenvalue weighted by Crippen LogP contribution is -2.19. The molecule has 0 unspecified atom stereocenters. The first-order valence-electron chi connectivity index (χ1n) is 8.49. The van der Waals surface area contributed by atoms with Crippen molar-refractivity contribution in [2.45, 2.75) is 12.6 Å². The summed E-state index contributed by atoms with van der Waals surface area (Å²) in [4.78, 5) is 0. The predicted molar refractivity (Wildman–Crippen MR) is 104 cm³/mol. The second-order valence-corrected chi connectivity index (χ2v) is 5.89. The van der Waals surface area contributed by atoms with Gasteiger partial charge in [0.1, 0.15) is 5.75 Å². The van der Waals surface area contributed by atoms with E-state index in [-0.39, 0.29) is 6.04 Å². The maximum absolute atomic E-state index is 5.22. The minimum Gasteiger partial charge on any atom is -0.497 e. The largest absolute Gasteiger partial charge is 0.497 e. The third-order valence-electron chi connectivity index (χ3n) is 4.12. The van der Waals surface area contributed by atoms with Crippen LogP contribution in [-0.4, -0.2) is 7.11 Å². The summed E-state index contributed by atoms with van der Waals surface area (Å²) in [5.74, 6) is 0.882. The molecule has 0 radical (unpaired) electrons.